The van der Waals surface area contributed by atoms with Crippen LogP contribution in [0.4, 0.5) is 5.69 Å². The van der Waals surface area contributed by atoms with E-state index < -0.39 is 10.0 Å². The van der Waals surface area contributed by atoms with Crippen molar-refractivity contribution >= 4 is 21.6 Å². The maximum Gasteiger partial charge on any atom is 0.264 e. The number of sulfonamides is 1. The van der Waals surface area contributed by atoms with E-state index in [2.05, 4.69) is 0 Å². The maximum atomic E-state index is 13.0. The zero-order chi connectivity index (χ0) is 19.5. The highest BCUT2D eigenvalue weighted by molar-refractivity contribution is 7.92. The van der Waals surface area contributed by atoms with Crippen LogP contribution in [0.2, 0.25) is 0 Å². The lowest BCUT2D eigenvalue weighted by molar-refractivity contribution is 0.0773. The number of anilines is 1. The molecule has 5 nitrogen and oxygen atoms in total. The summed E-state index contributed by atoms with van der Waals surface area (Å²) in [6.45, 7) is 8.80. The van der Waals surface area contributed by atoms with Crippen molar-refractivity contribution in [2.45, 2.75) is 32.6 Å². The average Bonchev–Trinajstić information content (AvgIpc) is 2.62. The highest BCUT2D eigenvalue weighted by Gasteiger charge is 2.24. The highest BCUT2D eigenvalue weighted by atomic mass is 32.2. The molecule has 0 atom stereocenters. The molecule has 0 N–H and O–H groups in total. The summed E-state index contributed by atoms with van der Waals surface area (Å²) >= 11 is 0. The van der Waals surface area contributed by atoms with Crippen LogP contribution in [0.5, 0.6) is 0 Å². The third kappa shape index (κ3) is 3.90. The molecule has 140 valence electrons. The van der Waals surface area contributed by atoms with Crippen molar-refractivity contribution in [3.05, 3.63) is 59.2 Å². The van der Waals surface area contributed by atoms with Gasteiger partial charge in [0, 0.05) is 25.7 Å². The van der Waals surface area contributed by atoms with Crippen LogP contribution in [-0.2, 0) is 10.0 Å². The van der Waals surface area contributed by atoms with Crippen LogP contribution < -0.4 is 4.31 Å². The largest absolute Gasteiger partial charge is 0.339 e. The van der Waals surface area contributed by atoms with Gasteiger partial charge in [-0.2, -0.15) is 0 Å². The van der Waals surface area contributed by atoms with Crippen molar-refractivity contribution in [1.82, 2.24) is 4.90 Å². The molecule has 0 spiro atoms. The van der Waals surface area contributed by atoms with E-state index in [-0.39, 0.29) is 10.8 Å². The number of hydrogen-bond donors (Lipinski definition) is 0. The smallest absolute Gasteiger partial charge is 0.264 e. The molecule has 0 fully saturated rings. The van der Waals surface area contributed by atoms with Gasteiger partial charge in [0.05, 0.1) is 10.6 Å². The Hall–Kier alpha value is -2.34. The standard InChI is InChI=1S/C20H26N2O3S/c1-6-22(7-2)20(23)17-11-10-16(4)19(14-17)21(5)26(24,25)18-12-8-15(3)9-13-18/h8-14H,6-7H2,1-5H3. The first kappa shape index (κ1) is 20.0. The topological polar surface area (TPSA) is 57.7 Å². The molecule has 0 aliphatic carbocycles. The van der Waals surface area contributed by atoms with Crippen molar-refractivity contribution in [3.63, 3.8) is 0 Å². The van der Waals surface area contributed by atoms with Gasteiger partial charge in [-0.05, 0) is 57.5 Å². The van der Waals surface area contributed by atoms with Gasteiger partial charge >= 0.3 is 0 Å². The van der Waals surface area contributed by atoms with Crippen LogP contribution in [0.25, 0.3) is 0 Å². The van der Waals surface area contributed by atoms with Gasteiger partial charge in [-0.1, -0.05) is 23.8 Å². The Morgan fingerprint density at radius 2 is 1.54 bits per heavy atom. The monoisotopic (exact) mass is 374 g/mol. The summed E-state index contributed by atoms with van der Waals surface area (Å²) < 4.78 is 27.2. The number of rotatable bonds is 6. The van der Waals surface area contributed by atoms with E-state index in [1.165, 1.54) is 11.4 Å². The van der Waals surface area contributed by atoms with E-state index in [9.17, 15) is 13.2 Å². The Morgan fingerprint density at radius 1 is 0.962 bits per heavy atom. The SMILES string of the molecule is CCN(CC)C(=O)c1ccc(C)c(N(C)S(=O)(=O)c2ccc(C)cc2)c1. The second kappa shape index (κ2) is 7.91. The van der Waals surface area contributed by atoms with E-state index in [1.54, 1.807) is 47.4 Å². The predicted octanol–water partition coefficient (Wildman–Crippen LogP) is 3.61. The molecule has 1 amide bonds. The number of aryl methyl sites for hydroxylation is 2. The van der Waals surface area contributed by atoms with Crippen LogP contribution in [-0.4, -0.2) is 39.4 Å². The van der Waals surface area contributed by atoms with Crippen LogP contribution in [0.15, 0.2) is 47.4 Å². The van der Waals surface area contributed by atoms with Gasteiger partial charge in [0.25, 0.3) is 15.9 Å². The second-order valence-electron chi connectivity index (χ2n) is 6.26. The zero-order valence-electron chi connectivity index (χ0n) is 16.0. The molecule has 6 heteroatoms. The molecule has 0 saturated carbocycles. The first-order chi connectivity index (χ1) is 12.2. The van der Waals surface area contributed by atoms with Gasteiger partial charge in [0.15, 0.2) is 0 Å². The third-order valence-corrected chi connectivity index (χ3v) is 6.31. The molecule has 0 aliphatic rings. The minimum Gasteiger partial charge on any atom is -0.339 e. The summed E-state index contributed by atoms with van der Waals surface area (Å²) in [4.78, 5) is 14.5. The third-order valence-electron chi connectivity index (χ3n) is 4.53. The molecular formula is C20H26N2O3S. The number of benzene rings is 2. The Kier molecular flexibility index (Phi) is 6.08. The lowest BCUT2D eigenvalue weighted by Crippen LogP contribution is -2.31. The van der Waals surface area contributed by atoms with Gasteiger partial charge in [0.2, 0.25) is 0 Å². The summed E-state index contributed by atoms with van der Waals surface area (Å²) in [6, 6.07) is 11.9. The van der Waals surface area contributed by atoms with Gasteiger partial charge in [-0.3, -0.25) is 9.10 Å². The van der Waals surface area contributed by atoms with Crippen molar-refractivity contribution < 1.29 is 13.2 Å². The van der Waals surface area contributed by atoms with Crippen molar-refractivity contribution in [2.24, 2.45) is 0 Å². The molecule has 2 rings (SSSR count). The van der Waals surface area contributed by atoms with Gasteiger partial charge in [0.1, 0.15) is 0 Å². The first-order valence-corrected chi connectivity index (χ1v) is 10.1. The predicted molar refractivity (Wildman–Crippen MR) is 105 cm³/mol. The number of carbonyl (C=O) groups is 1. The minimum atomic E-state index is -3.70. The van der Waals surface area contributed by atoms with Crippen LogP contribution >= 0.6 is 0 Å². The molecule has 0 heterocycles. The summed E-state index contributed by atoms with van der Waals surface area (Å²) in [5.74, 6) is -0.0996. The summed E-state index contributed by atoms with van der Waals surface area (Å²) in [6.07, 6.45) is 0. The molecule has 0 unspecified atom stereocenters. The minimum absolute atomic E-state index is 0.0996. The molecule has 0 radical (unpaired) electrons. The molecule has 0 aliphatic heterocycles. The molecule has 2 aromatic carbocycles. The van der Waals surface area contributed by atoms with Crippen LogP contribution in [0.3, 0.4) is 0 Å². The summed E-state index contributed by atoms with van der Waals surface area (Å²) in [5.41, 5.74) is 2.78. The number of nitrogens with zero attached hydrogens (tertiary/aromatic N) is 2. The Bertz CT molecular complexity index is 886. The Balaban J connectivity index is 2.45. The fourth-order valence-corrected chi connectivity index (χ4v) is 4.02. The van der Waals surface area contributed by atoms with E-state index in [1.807, 2.05) is 27.7 Å². The lowest BCUT2D eigenvalue weighted by atomic mass is 10.1. The maximum absolute atomic E-state index is 13.0. The zero-order valence-corrected chi connectivity index (χ0v) is 16.8. The Morgan fingerprint density at radius 3 is 2.08 bits per heavy atom. The average molecular weight is 375 g/mol. The molecular weight excluding hydrogens is 348 g/mol. The second-order valence-corrected chi connectivity index (χ2v) is 8.23. The number of carbonyl (C=O) groups excluding carboxylic acids is 1. The molecule has 0 aromatic heterocycles. The fraction of sp³-hybridized carbons (Fsp3) is 0.350. The Labute approximate surface area is 156 Å². The molecule has 0 bridgehead atoms. The normalized spacial score (nSPS) is 11.3. The van der Waals surface area contributed by atoms with Gasteiger partial charge < -0.3 is 4.90 Å². The highest BCUT2D eigenvalue weighted by Crippen LogP contribution is 2.27. The summed E-state index contributed by atoms with van der Waals surface area (Å²) in [7, 11) is -2.18. The van der Waals surface area contributed by atoms with E-state index >= 15 is 0 Å². The van der Waals surface area contributed by atoms with Crippen molar-refractivity contribution in [2.75, 3.05) is 24.4 Å². The van der Waals surface area contributed by atoms with E-state index in [4.69, 9.17) is 0 Å². The molecule has 26 heavy (non-hydrogen) atoms. The molecule has 0 saturated heterocycles. The summed E-state index contributed by atoms with van der Waals surface area (Å²) in [5, 5.41) is 0. The van der Waals surface area contributed by atoms with E-state index in [0.29, 0.717) is 24.3 Å². The van der Waals surface area contributed by atoms with Gasteiger partial charge in [-0.15, -0.1) is 0 Å². The van der Waals surface area contributed by atoms with E-state index in [0.717, 1.165) is 11.1 Å². The lowest BCUT2D eigenvalue weighted by Gasteiger charge is -2.24. The fourth-order valence-electron chi connectivity index (χ4n) is 2.77. The molecule has 2 aromatic rings. The van der Waals surface area contributed by atoms with Crippen molar-refractivity contribution in [3.8, 4) is 0 Å². The van der Waals surface area contributed by atoms with Gasteiger partial charge in [-0.25, -0.2) is 8.42 Å². The van der Waals surface area contributed by atoms with Crippen LogP contribution in [0.1, 0.15) is 35.3 Å². The number of hydrogen-bond acceptors (Lipinski definition) is 3. The quantitative estimate of drug-likeness (QED) is 0.776. The first-order valence-electron chi connectivity index (χ1n) is 8.67. The van der Waals surface area contributed by atoms with Crippen LogP contribution in [0, 0.1) is 13.8 Å². The number of amides is 1. The van der Waals surface area contributed by atoms with Crippen molar-refractivity contribution in [1.29, 1.82) is 0 Å².